The van der Waals surface area contributed by atoms with Crippen LogP contribution in [0.3, 0.4) is 0 Å². The summed E-state index contributed by atoms with van der Waals surface area (Å²) in [6.45, 7) is 6.51. The number of fused-ring (bicyclic) bond motifs is 3. The number of hydrogen-bond donors (Lipinski definition) is 1. The molecule has 1 N–H and O–H groups in total. The lowest BCUT2D eigenvalue weighted by Gasteiger charge is -2.30. The lowest BCUT2D eigenvalue weighted by molar-refractivity contribution is -0.384. The van der Waals surface area contributed by atoms with Crippen LogP contribution in [0.1, 0.15) is 32.0 Å². The molecule has 1 aromatic carbocycles. The standard InChI is InChI=1S/C16H19N3O4/c1-16(2,3)23-15(20)18-7-6-12-11-5-4-10(19(21)22)8-13(11)17-14(12)9-18/h4-5,8,17H,6-7,9H2,1-3H3. The van der Waals surface area contributed by atoms with Crippen LogP contribution in [-0.4, -0.2) is 33.0 Å². The van der Waals surface area contributed by atoms with E-state index in [1.165, 1.54) is 12.1 Å². The number of amides is 1. The van der Waals surface area contributed by atoms with Crippen molar-refractivity contribution in [1.82, 2.24) is 9.88 Å². The van der Waals surface area contributed by atoms with Gasteiger partial charge in [-0.2, -0.15) is 0 Å². The van der Waals surface area contributed by atoms with Crippen molar-refractivity contribution in [2.75, 3.05) is 6.54 Å². The third-order valence-electron chi connectivity index (χ3n) is 3.82. The maximum absolute atomic E-state index is 12.2. The Morgan fingerprint density at radius 2 is 2.13 bits per heavy atom. The number of H-pyrrole nitrogens is 1. The molecule has 0 aliphatic carbocycles. The van der Waals surface area contributed by atoms with Crippen molar-refractivity contribution in [3.63, 3.8) is 0 Å². The molecule has 2 heterocycles. The number of benzene rings is 1. The topological polar surface area (TPSA) is 88.5 Å². The normalized spacial score (nSPS) is 14.7. The molecule has 2 aromatic rings. The van der Waals surface area contributed by atoms with Crippen LogP contribution < -0.4 is 0 Å². The number of nitro groups is 1. The van der Waals surface area contributed by atoms with E-state index in [2.05, 4.69) is 4.98 Å². The van der Waals surface area contributed by atoms with E-state index in [1.807, 2.05) is 20.8 Å². The molecule has 0 fully saturated rings. The van der Waals surface area contributed by atoms with Crippen molar-refractivity contribution in [3.8, 4) is 0 Å². The van der Waals surface area contributed by atoms with Crippen LogP contribution in [0.25, 0.3) is 10.9 Å². The van der Waals surface area contributed by atoms with Gasteiger partial charge < -0.3 is 14.6 Å². The minimum Gasteiger partial charge on any atom is -0.444 e. The molecule has 122 valence electrons. The number of carbonyl (C=O) groups excluding carboxylic acids is 1. The predicted octanol–water partition coefficient (Wildman–Crippen LogP) is 3.37. The number of aromatic nitrogens is 1. The average molecular weight is 317 g/mol. The van der Waals surface area contributed by atoms with E-state index in [0.29, 0.717) is 19.5 Å². The monoisotopic (exact) mass is 317 g/mol. The number of nitrogens with one attached hydrogen (secondary N) is 1. The number of hydrogen-bond acceptors (Lipinski definition) is 4. The van der Waals surface area contributed by atoms with Gasteiger partial charge in [-0.3, -0.25) is 10.1 Å². The van der Waals surface area contributed by atoms with Crippen LogP contribution >= 0.6 is 0 Å². The smallest absolute Gasteiger partial charge is 0.410 e. The van der Waals surface area contributed by atoms with Crippen LogP contribution in [-0.2, 0) is 17.7 Å². The second-order valence-electron chi connectivity index (χ2n) is 6.72. The fourth-order valence-electron chi connectivity index (χ4n) is 2.83. The molecule has 0 unspecified atom stereocenters. The molecule has 0 atom stereocenters. The molecule has 1 aliphatic heterocycles. The van der Waals surface area contributed by atoms with Gasteiger partial charge in [-0.05, 0) is 38.8 Å². The highest BCUT2D eigenvalue weighted by Crippen LogP contribution is 2.30. The molecule has 23 heavy (non-hydrogen) atoms. The highest BCUT2D eigenvalue weighted by atomic mass is 16.6. The molecule has 7 heteroatoms. The van der Waals surface area contributed by atoms with E-state index < -0.39 is 10.5 Å². The van der Waals surface area contributed by atoms with Gasteiger partial charge in [0.05, 0.1) is 17.0 Å². The molecular weight excluding hydrogens is 298 g/mol. The molecule has 7 nitrogen and oxygen atoms in total. The van der Waals surface area contributed by atoms with Crippen molar-refractivity contribution in [2.24, 2.45) is 0 Å². The van der Waals surface area contributed by atoms with Gasteiger partial charge in [-0.15, -0.1) is 0 Å². The minimum absolute atomic E-state index is 0.0556. The van der Waals surface area contributed by atoms with Gasteiger partial charge in [0, 0.05) is 29.8 Å². The van der Waals surface area contributed by atoms with Crippen LogP contribution in [0, 0.1) is 10.1 Å². The van der Waals surface area contributed by atoms with Crippen molar-refractivity contribution >= 4 is 22.7 Å². The fraction of sp³-hybridized carbons (Fsp3) is 0.438. The summed E-state index contributed by atoms with van der Waals surface area (Å²) in [5, 5.41) is 11.9. The first-order chi connectivity index (χ1) is 10.7. The zero-order valence-corrected chi connectivity index (χ0v) is 13.4. The first-order valence-electron chi connectivity index (χ1n) is 7.50. The highest BCUT2D eigenvalue weighted by molar-refractivity contribution is 5.87. The van der Waals surface area contributed by atoms with Gasteiger partial charge in [-0.1, -0.05) is 0 Å². The molecule has 1 amide bonds. The third kappa shape index (κ3) is 2.99. The summed E-state index contributed by atoms with van der Waals surface area (Å²) in [7, 11) is 0. The second-order valence-corrected chi connectivity index (χ2v) is 6.72. The third-order valence-corrected chi connectivity index (χ3v) is 3.82. The summed E-state index contributed by atoms with van der Waals surface area (Å²) < 4.78 is 5.40. The van der Waals surface area contributed by atoms with Gasteiger partial charge in [0.15, 0.2) is 0 Å². The Labute approximate surface area is 133 Å². The fourth-order valence-corrected chi connectivity index (χ4v) is 2.83. The SMILES string of the molecule is CC(C)(C)OC(=O)N1CCc2c([nH]c3cc([N+](=O)[O-])ccc23)C1. The Kier molecular flexibility index (Phi) is 3.50. The van der Waals surface area contributed by atoms with E-state index in [1.54, 1.807) is 11.0 Å². The molecule has 1 aliphatic rings. The molecule has 0 spiro atoms. The zero-order valence-electron chi connectivity index (χ0n) is 13.4. The number of rotatable bonds is 1. The summed E-state index contributed by atoms with van der Waals surface area (Å²) in [6, 6.07) is 4.81. The quantitative estimate of drug-likeness (QED) is 0.645. The number of ether oxygens (including phenoxy) is 1. The Morgan fingerprint density at radius 3 is 2.78 bits per heavy atom. The summed E-state index contributed by atoms with van der Waals surface area (Å²) in [6.07, 6.45) is 0.361. The van der Waals surface area contributed by atoms with Gasteiger partial charge in [0.1, 0.15) is 5.60 Å². The Hall–Kier alpha value is -2.57. The summed E-state index contributed by atoms with van der Waals surface area (Å²) >= 11 is 0. The first kappa shape index (κ1) is 15.3. The van der Waals surface area contributed by atoms with Gasteiger partial charge >= 0.3 is 6.09 Å². The number of carbonyl (C=O) groups is 1. The van der Waals surface area contributed by atoms with Crippen molar-refractivity contribution in [2.45, 2.75) is 39.3 Å². The summed E-state index contributed by atoms with van der Waals surface area (Å²) in [5.74, 6) is 0. The molecular formula is C16H19N3O4. The molecule has 0 radical (unpaired) electrons. The van der Waals surface area contributed by atoms with E-state index in [9.17, 15) is 14.9 Å². The van der Waals surface area contributed by atoms with E-state index >= 15 is 0 Å². The molecule has 3 rings (SSSR count). The molecule has 0 saturated carbocycles. The minimum atomic E-state index is -0.529. The van der Waals surface area contributed by atoms with Crippen LogP contribution in [0.15, 0.2) is 18.2 Å². The van der Waals surface area contributed by atoms with Crippen molar-refractivity contribution in [1.29, 1.82) is 0 Å². The molecule has 1 aromatic heterocycles. The van der Waals surface area contributed by atoms with Crippen LogP contribution in [0.5, 0.6) is 0 Å². The number of nitrogens with zero attached hydrogens (tertiary/aromatic N) is 2. The van der Waals surface area contributed by atoms with Gasteiger partial charge in [0.2, 0.25) is 0 Å². The number of non-ortho nitro benzene ring substituents is 1. The van der Waals surface area contributed by atoms with Crippen LogP contribution in [0.2, 0.25) is 0 Å². The van der Waals surface area contributed by atoms with E-state index in [0.717, 1.165) is 22.2 Å². The number of nitro benzene ring substituents is 1. The Morgan fingerprint density at radius 1 is 1.39 bits per heavy atom. The molecule has 0 saturated heterocycles. The Bertz CT molecular complexity index is 788. The number of aromatic amines is 1. The average Bonchev–Trinajstić information content (AvgIpc) is 2.81. The zero-order chi connectivity index (χ0) is 16.8. The largest absolute Gasteiger partial charge is 0.444 e. The summed E-state index contributed by atoms with van der Waals surface area (Å²) in [4.78, 5) is 27.5. The van der Waals surface area contributed by atoms with Crippen molar-refractivity contribution in [3.05, 3.63) is 39.6 Å². The van der Waals surface area contributed by atoms with E-state index in [4.69, 9.17) is 4.74 Å². The van der Waals surface area contributed by atoms with Gasteiger partial charge in [-0.25, -0.2) is 4.79 Å². The lowest BCUT2D eigenvalue weighted by atomic mass is 10.0. The van der Waals surface area contributed by atoms with Gasteiger partial charge in [0.25, 0.3) is 5.69 Å². The second kappa shape index (κ2) is 5.26. The first-order valence-corrected chi connectivity index (χ1v) is 7.50. The maximum Gasteiger partial charge on any atom is 0.410 e. The Balaban J connectivity index is 1.88. The lowest BCUT2D eigenvalue weighted by Crippen LogP contribution is -2.39. The van der Waals surface area contributed by atoms with E-state index in [-0.39, 0.29) is 11.8 Å². The highest BCUT2D eigenvalue weighted by Gasteiger charge is 2.27. The molecule has 0 bridgehead atoms. The van der Waals surface area contributed by atoms with Crippen molar-refractivity contribution < 1.29 is 14.5 Å². The van der Waals surface area contributed by atoms with Crippen LogP contribution in [0.4, 0.5) is 10.5 Å². The maximum atomic E-state index is 12.2. The predicted molar refractivity (Wildman–Crippen MR) is 85.3 cm³/mol. The summed E-state index contributed by atoms with van der Waals surface area (Å²) in [5.41, 5.74) is 2.29.